The van der Waals surface area contributed by atoms with Crippen LogP contribution in [0, 0.1) is 6.92 Å². The van der Waals surface area contributed by atoms with Gasteiger partial charge in [0.1, 0.15) is 12.4 Å². The molecule has 2 nitrogen and oxygen atoms in total. The highest BCUT2D eigenvalue weighted by Crippen LogP contribution is 2.21. The van der Waals surface area contributed by atoms with E-state index in [2.05, 4.69) is 0 Å². The van der Waals surface area contributed by atoms with E-state index in [0.717, 1.165) is 21.9 Å². The Morgan fingerprint density at radius 3 is 2.42 bits per heavy atom. The summed E-state index contributed by atoms with van der Waals surface area (Å²) in [5.41, 5.74) is 2.73. The quantitative estimate of drug-likeness (QED) is 0.771. The van der Waals surface area contributed by atoms with Gasteiger partial charge in [0.15, 0.2) is 5.78 Å². The van der Waals surface area contributed by atoms with Crippen LogP contribution in [0.25, 0.3) is 0 Å². The second-order valence-electron chi connectivity index (χ2n) is 4.45. The van der Waals surface area contributed by atoms with E-state index in [-0.39, 0.29) is 5.78 Å². The lowest BCUT2D eigenvalue weighted by Gasteiger charge is -2.08. The summed E-state index contributed by atoms with van der Waals surface area (Å²) in [6.45, 7) is 3.97. The van der Waals surface area contributed by atoms with Crippen molar-refractivity contribution in [2.45, 2.75) is 20.5 Å². The Kier molecular flexibility index (Phi) is 4.23. The first-order valence-corrected chi connectivity index (χ1v) is 6.43. The van der Waals surface area contributed by atoms with Crippen LogP contribution in [0.2, 0.25) is 5.02 Å². The Morgan fingerprint density at radius 2 is 1.84 bits per heavy atom. The Balaban J connectivity index is 2.01. The average Bonchev–Trinajstić information content (AvgIpc) is 2.40. The maximum Gasteiger partial charge on any atom is 0.159 e. The average molecular weight is 275 g/mol. The molecule has 2 aromatic rings. The molecule has 0 spiro atoms. The van der Waals surface area contributed by atoms with Gasteiger partial charge in [0.2, 0.25) is 0 Å². The molecule has 0 fully saturated rings. The molecule has 0 N–H and O–H groups in total. The van der Waals surface area contributed by atoms with Crippen molar-refractivity contribution >= 4 is 17.4 Å². The van der Waals surface area contributed by atoms with Crippen LogP contribution in [0.1, 0.15) is 28.4 Å². The van der Waals surface area contributed by atoms with Crippen LogP contribution in [0.5, 0.6) is 5.75 Å². The molecule has 3 heteroatoms. The minimum Gasteiger partial charge on any atom is -0.489 e. The number of hydrogen-bond acceptors (Lipinski definition) is 2. The van der Waals surface area contributed by atoms with Gasteiger partial charge in [-0.25, -0.2) is 0 Å². The van der Waals surface area contributed by atoms with Gasteiger partial charge in [0, 0.05) is 10.6 Å². The van der Waals surface area contributed by atoms with Crippen LogP contribution in [-0.4, -0.2) is 5.78 Å². The van der Waals surface area contributed by atoms with Crippen molar-refractivity contribution in [1.82, 2.24) is 0 Å². The van der Waals surface area contributed by atoms with Gasteiger partial charge < -0.3 is 4.74 Å². The number of ether oxygens (including phenoxy) is 1. The summed E-state index contributed by atoms with van der Waals surface area (Å²) < 4.78 is 5.68. The van der Waals surface area contributed by atoms with Gasteiger partial charge in [-0.2, -0.15) is 0 Å². The van der Waals surface area contributed by atoms with Gasteiger partial charge in [-0.05, 0) is 43.2 Å². The molecule has 0 saturated carbocycles. The highest BCUT2D eigenvalue weighted by molar-refractivity contribution is 6.31. The molecule has 0 aliphatic rings. The molecule has 2 aromatic carbocycles. The lowest BCUT2D eigenvalue weighted by Crippen LogP contribution is -1.97. The first kappa shape index (κ1) is 13.6. The standard InChI is InChI=1S/C16H15ClO2/c1-11-9-15(7-8-16(11)17)19-10-13-3-5-14(6-4-13)12(2)18/h3-9H,10H2,1-2H3. The van der Waals surface area contributed by atoms with Crippen molar-refractivity contribution in [3.8, 4) is 5.75 Å². The molecule has 0 bridgehead atoms. The second-order valence-corrected chi connectivity index (χ2v) is 4.86. The zero-order chi connectivity index (χ0) is 13.8. The lowest BCUT2D eigenvalue weighted by atomic mass is 10.1. The van der Waals surface area contributed by atoms with Crippen molar-refractivity contribution in [1.29, 1.82) is 0 Å². The monoisotopic (exact) mass is 274 g/mol. The van der Waals surface area contributed by atoms with E-state index >= 15 is 0 Å². The number of aryl methyl sites for hydroxylation is 1. The van der Waals surface area contributed by atoms with Crippen molar-refractivity contribution in [2.75, 3.05) is 0 Å². The molecule has 0 heterocycles. The van der Waals surface area contributed by atoms with Crippen LogP contribution < -0.4 is 4.74 Å². The Labute approximate surface area is 118 Å². The summed E-state index contributed by atoms with van der Waals surface area (Å²) in [7, 11) is 0. The fraction of sp³-hybridized carbons (Fsp3) is 0.188. The molecular weight excluding hydrogens is 260 g/mol. The topological polar surface area (TPSA) is 26.3 Å². The summed E-state index contributed by atoms with van der Waals surface area (Å²) in [5.74, 6) is 0.860. The zero-order valence-corrected chi connectivity index (χ0v) is 11.7. The smallest absolute Gasteiger partial charge is 0.159 e. The van der Waals surface area contributed by atoms with Gasteiger partial charge in [0.05, 0.1) is 0 Å². The molecule has 98 valence electrons. The number of halogens is 1. The second kappa shape index (κ2) is 5.89. The highest BCUT2D eigenvalue weighted by atomic mass is 35.5. The summed E-state index contributed by atoms with van der Waals surface area (Å²) in [5, 5.41) is 0.734. The molecular formula is C16H15ClO2. The van der Waals surface area contributed by atoms with Crippen LogP contribution in [0.15, 0.2) is 42.5 Å². The first-order chi connectivity index (χ1) is 9.06. The molecule has 0 aliphatic heterocycles. The van der Waals surface area contributed by atoms with Crippen molar-refractivity contribution in [3.05, 3.63) is 64.2 Å². The Bertz CT molecular complexity index is 588. The van der Waals surface area contributed by atoms with E-state index in [9.17, 15) is 4.79 Å². The van der Waals surface area contributed by atoms with Crippen molar-refractivity contribution in [3.63, 3.8) is 0 Å². The maximum absolute atomic E-state index is 11.2. The third-order valence-corrected chi connectivity index (χ3v) is 3.32. The molecule has 0 unspecified atom stereocenters. The zero-order valence-electron chi connectivity index (χ0n) is 10.9. The Morgan fingerprint density at radius 1 is 1.16 bits per heavy atom. The van der Waals surface area contributed by atoms with Crippen LogP contribution in [0.3, 0.4) is 0 Å². The van der Waals surface area contributed by atoms with Crippen molar-refractivity contribution < 1.29 is 9.53 Å². The molecule has 0 aliphatic carbocycles. The fourth-order valence-electron chi connectivity index (χ4n) is 1.71. The van der Waals surface area contributed by atoms with E-state index < -0.39 is 0 Å². The molecule has 0 amide bonds. The summed E-state index contributed by atoms with van der Waals surface area (Å²) in [6, 6.07) is 13.0. The Hall–Kier alpha value is -1.80. The summed E-state index contributed by atoms with van der Waals surface area (Å²) in [4.78, 5) is 11.2. The van der Waals surface area contributed by atoms with Crippen LogP contribution in [-0.2, 0) is 6.61 Å². The predicted molar refractivity (Wildman–Crippen MR) is 77.0 cm³/mol. The van der Waals surface area contributed by atoms with Crippen LogP contribution in [0.4, 0.5) is 0 Å². The van der Waals surface area contributed by atoms with E-state index in [1.807, 2.05) is 49.4 Å². The van der Waals surface area contributed by atoms with Gasteiger partial charge in [0.25, 0.3) is 0 Å². The number of rotatable bonds is 4. The van der Waals surface area contributed by atoms with E-state index in [1.165, 1.54) is 0 Å². The summed E-state index contributed by atoms with van der Waals surface area (Å²) >= 11 is 5.96. The molecule has 0 saturated heterocycles. The number of Topliss-reactive ketones (excluding diaryl/α,β-unsaturated/α-hetero) is 1. The molecule has 19 heavy (non-hydrogen) atoms. The maximum atomic E-state index is 11.2. The van der Waals surface area contributed by atoms with Gasteiger partial charge in [-0.1, -0.05) is 35.9 Å². The molecule has 0 atom stereocenters. The SMILES string of the molecule is CC(=O)c1ccc(COc2ccc(Cl)c(C)c2)cc1. The van der Waals surface area contributed by atoms with Gasteiger partial charge in [-0.3, -0.25) is 4.79 Å². The van der Waals surface area contributed by atoms with E-state index in [0.29, 0.717) is 12.2 Å². The normalized spacial score (nSPS) is 10.3. The fourth-order valence-corrected chi connectivity index (χ4v) is 1.83. The van der Waals surface area contributed by atoms with E-state index in [1.54, 1.807) is 6.92 Å². The number of carbonyl (C=O) groups excluding carboxylic acids is 1. The van der Waals surface area contributed by atoms with E-state index in [4.69, 9.17) is 16.3 Å². The lowest BCUT2D eigenvalue weighted by molar-refractivity contribution is 0.101. The summed E-state index contributed by atoms with van der Waals surface area (Å²) in [6.07, 6.45) is 0. The first-order valence-electron chi connectivity index (χ1n) is 6.05. The number of benzene rings is 2. The number of carbonyl (C=O) groups is 1. The largest absolute Gasteiger partial charge is 0.489 e. The predicted octanol–water partition coefficient (Wildman–Crippen LogP) is 4.43. The minimum atomic E-state index is 0.0702. The third-order valence-electron chi connectivity index (χ3n) is 2.90. The molecule has 2 rings (SSSR count). The van der Waals surface area contributed by atoms with Gasteiger partial charge in [-0.15, -0.1) is 0 Å². The van der Waals surface area contributed by atoms with Gasteiger partial charge >= 0.3 is 0 Å². The minimum absolute atomic E-state index is 0.0702. The van der Waals surface area contributed by atoms with Crippen LogP contribution >= 0.6 is 11.6 Å². The highest BCUT2D eigenvalue weighted by Gasteiger charge is 2.01. The van der Waals surface area contributed by atoms with Crippen molar-refractivity contribution in [2.24, 2.45) is 0 Å². The molecule has 0 radical (unpaired) electrons. The number of ketones is 1. The number of hydrogen-bond donors (Lipinski definition) is 0. The molecule has 0 aromatic heterocycles. The third kappa shape index (κ3) is 3.58.